The number of carbonyl (C=O) groups excluding carboxylic acids is 3. The first-order valence-corrected chi connectivity index (χ1v) is 20.4. The Morgan fingerprint density at radius 2 is 1.72 bits per heavy atom. The van der Waals surface area contributed by atoms with Crippen LogP contribution >= 0.6 is 35.8 Å². The number of allylic oxidation sites excluding steroid dienone is 4. The molecule has 0 radical (unpaired) electrons. The Morgan fingerprint density at radius 1 is 1.02 bits per heavy atom. The van der Waals surface area contributed by atoms with Crippen molar-refractivity contribution >= 4 is 65.0 Å². The van der Waals surface area contributed by atoms with Crippen LogP contribution in [0.5, 0.6) is 0 Å². The fourth-order valence-corrected chi connectivity index (χ4v) is 8.76. The summed E-state index contributed by atoms with van der Waals surface area (Å²) in [5.41, 5.74) is 4.51. The zero-order valence-corrected chi connectivity index (χ0v) is 33.6. The highest BCUT2D eigenvalue weighted by atomic mass is 35.5. The van der Waals surface area contributed by atoms with Gasteiger partial charge < -0.3 is 14.9 Å². The molecule has 3 aliphatic rings. The van der Waals surface area contributed by atoms with Crippen molar-refractivity contribution in [2.24, 2.45) is 28.7 Å². The molecule has 0 saturated heterocycles. The number of halogens is 2. The van der Waals surface area contributed by atoms with Gasteiger partial charge in [0.2, 0.25) is 0 Å². The van der Waals surface area contributed by atoms with Crippen molar-refractivity contribution in [1.82, 2.24) is 0 Å². The molecule has 282 valence electrons. The first-order valence-electron chi connectivity index (χ1n) is 19.1. The van der Waals surface area contributed by atoms with E-state index in [-0.39, 0.29) is 54.0 Å². The van der Waals surface area contributed by atoms with Gasteiger partial charge in [-0.05, 0) is 113 Å². The van der Waals surface area contributed by atoms with Crippen molar-refractivity contribution in [3.8, 4) is 0 Å². The molecule has 3 aliphatic carbocycles. The minimum atomic E-state index is -0.615. The summed E-state index contributed by atoms with van der Waals surface area (Å²) < 4.78 is 9.70. The van der Waals surface area contributed by atoms with E-state index in [1.165, 1.54) is 31.1 Å². The molecule has 0 aromatic rings. The maximum atomic E-state index is 13.6. The van der Waals surface area contributed by atoms with Crippen molar-refractivity contribution in [2.75, 3.05) is 13.7 Å². The lowest BCUT2D eigenvalue weighted by atomic mass is 9.76. The third-order valence-corrected chi connectivity index (χ3v) is 13.1. The number of nitrogens with one attached hydrogen (secondary N) is 1. The molecule has 1 N–H and O–H groups in total. The van der Waals surface area contributed by atoms with Crippen molar-refractivity contribution in [3.05, 3.63) is 22.9 Å². The highest BCUT2D eigenvalue weighted by Crippen LogP contribution is 2.40. The number of alkyl halides is 2. The molecule has 0 aromatic heterocycles. The maximum absolute atomic E-state index is 13.6. The number of thiol groups is 1. The Morgan fingerprint density at radius 3 is 2.34 bits per heavy atom. The van der Waals surface area contributed by atoms with Gasteiger partial charge in [-0.15, -0.1) is 23.2 Å². The summed E-state index contributed by atoms with van der Waals surface area (Å²) in [6, 6.07) is 0. The first kappa shape index (κ1) is 42.8. The van der Waals surface area contributed by atoms with Crippen LogP contribution in [0.2, 0.25) is 0 Å². The number of carbonyl (C=O) groups is 3. The number of rotatable bonds is 18. The van der Waals surface area contributed by atoms with E-state index in [2.05, 4.69) is 31.6 Å². The third-order valence-electron chi connectivity index (χ3n) is 11.5. The van der Waals surface area contributed by atoms with Gasteiger partial charge in [0, 0.05) is 29.1 Å². The number of esters is 2. The number of aliphatic imine (C=N–C) groups is 1. The van der Waals surface area contributed by atoms with Gasteiger partial charge >= 0.3 is 11.9 Å². The van der Waals surface area contributed by atoms with E-state index in [1.54, 1.807) is 0 Å². The second kappa shape index (κ2) is 21.2. The number of Topliss-reactive ketones (excluding diaryl/α,β-unsaturated/α-hetero) is 1. The summed E-state index contributed by atoms with van der Waals surface area (Å²) in [6.07, 6.45) is 16.4. The summed E-state index contributed by atoms with van der Waals surface area (Å²) in [5.74, 6) is -0.0514. The maximum Gasteiger partial charge on any atom is 0.306 e. The van der Waals surface area contributed by atoms with Crippen LogP contribution < -0.4 is 0 Å². The minimum absolute atomic E-state index is 0.0218. The van der Waals surface area contributed by atoms with E-state index in [0.717, 1.165) is 69.2 Å². The van der Waals surface area contributed by atoms with Crippen LogP contribution in [0, 0.1) is 29.1 Å². The zero-order valence-electron chi connectivity index (χ0n) is 31.2. The van der Waals surface area contributed by atoms with Crippen LogP contribution in [0.3, 0.4) is 0 Å². The number of methoxy groups -OCH3 is 1. The fraction of sp³-hybridized carbons (Fsp3) is 0.775. The predicted molar refractivity (Wildman–Crippen MR) is 209 cm³/mol. The molecule has 2 saturated carbocycles. The lowest BCUT2D eigenvalue weighted by Crippen LogP contribution is -2.37. The monoisotopic (exact) mass is 752 g/mol. The first-order chi connectivity index (χ1) is 23.8. The molecule has 0 heterocycles. The van der Waals surface area contributed by atoms with Crippen LogP contribution in [-0.4, -0.2) is 58.4 Å². The molecule has 0 amide bonds. The normalized spacial score (nSPS) is 25.1. The molecule has 10 heteroatoms. The van der Waals surface area contributed by atoms with Gasteiger partial charge in [0.25, 0.3) is 0 Å². The van der Waals surface area contributed by atoms with E-state index in [1.807, 2.05) is 6.92 Å². The second-order valence-corrected chi connectivity index (χ2v) is 17.2. The van der Waals surface area contributed by atoms with Crippen molar-refractivity contribution in [2.45, 2.75) is 159 Å². The molecule has 0 bridgehead atoms. The SMILES string of the molecule is CCC(C)C1CCC(=C(N=C2CCC(Cl)CC2Cl)C(C)C(=N)C(=O)CCCC(C)C(S)(COC(=O)CCC(=O)OC)CC2=CCCCC2)CC1. The topological polar surface area (TPSA) is 106 Å². The Labute approximate surface area is 317 Å². The van der Waals surface area contributed by atoms with E-state index in [9.17, 15) is 14.4 Å². The number of ether oxygens (including phenoxy) is 2. The zero-order chi connectivity index (χ0) is 36.8. The molecule has 0 spiro atoms. The highest BCUT2D eigenvalue weighted by Gasteiger charge is 2.36. The van der Waals surface area contributed by atoms with E-state index in [4.69, 9.17) is 51.0 Å². The van der Waals surface area contributed by atoms with Crippen LogP contribution in [-0.2, 0) is 23.9 Å². The number of nitrogens with zero attached hydrogens (tertiary/aromatic N) is 1. The van der Waals surface area contributed by atoms with Gasteiger partial charge in [-0.1, -0.05) is 45.8 Å². The smallest absolute Gasteiger partial charge is 0.306 e. The standard InChI is InChI=1S/C40H62Cl2N2O5S/c1-6-26(2)30-15-17-31(18-16-30)39(44-34-20-19-32(41)23-33(34)42)28(4)38(43)35(45)14-10-11-27(3)40(50,24-29-12-8-7-9-13-29)25-49-37(47)22-21-36(46)48-5/h12,26-28,30,32-33,43,50H,6-11,13-25H2,1-5H3. The number of hydrogen-bond acceptors (Lipinski definition) is 8. The molecular formula is C40H62Cl2N2O5S. The quantitative estimate of drug-likeness (QED) is 0.0477. The largest absolute Gasteiger partial charge is 0.469 e. The van der Waals surface area contributed by atoms with Gasteiger partial charge in [0.1, 0.15) is 6.61 Å². The van der Waals surface area contributed by atoms with E-state index >= 15 is 0 Å². The van der Waals surface area contributed by atoms with Crippen molar-refractivity contribution in [3.63, 3.8) is 0 Å². The molecular weight excluding hydrogens is 691 g/mol. The Balaban J connectivity index is 1.68. The fourth-order valence-electron chi connectivity index (χ4n) is 7.61. The van der Waals surface area contributed by atoms with Gasteiger partial charge in [0.05, 0.1) is 35.8 Å². The van der Waals surface area contributed by atoms with Gasteiger partial charge in [0.15, 0.2) is 5.78 Å². The number of hydrogen-bond donors (Lipinski definition) is 2. The van der Waals surface area contributed by atoms with Crippen LogP contribution in [0.25, 0.3) is 0 Å². The van der Waals surface area contributed by atoms with Crippen LogP contribution in [0.15, 0.2) is 27.9 Å². The molecule has 7 nitrogen and oxygen atoms in total. The third kappa shape index (κ3) is 13.1. The molecule has 3 rings (SSSR count). The van der Waals surface area contributed by atoms with Crippen LogP contribution in [0.1, 0.15) is 143 Å². The Bertz CT molecular complexity index is 1270. The average Bonchev–Trinajstić information content (AvgIpc) is 3.12. The Kier molecular flexibility index (Phi) is 18.1. The second-order valence-electron chi connectivity index (χ2n) is 15.1. The highest BCUT2D eigenvalue weighted by molar-refractivity contribution is 7.81. The Hall–Kier alpha value is -1.64. The summed E-state index contributed by atoms with van der Waals surface area (Å²) >= 11 is 18.3. The summed E-state index contributed by atoms with van der Waals surface area (Å²) in [6.45, 7) is 8.77. The number of ketones is 1. The lowest BCUT2D eigenvalue weighted by Gasteiger charge is -2.36. The molecule has 0 aromatic carbocycles. The van der Waals surface area contributed by atoms with E-state index < -0.39 is 22.6 Å². The lowest BCUT2D eigenvalue weighted by molar-refractivity contribution is -0.149. The van der Waals surface area contributed by atoms with Crippen LogP contribution in [0.4, 0.5) is 0 Å². The molecule has 6 atom stereocenters. The average molecular weight is 754 g/mol. The summed E-state index contributed by atoms with van der Waals surface area (Å²) in [7, 11) is 1.30. The molecule has 50 heavy (non-hydrogen) atoms. The minimum Gasteiger partial charge on any atom is -0.469 e. The summed E-state index contributed by atoms with van der Waals surface area (Å²) in [5, 5.41) is 8.86. The summed E-state index contributed by atoms with van der Waals surface area (Å²) in [4.78, 5) is 42.7. The molecule has 0 aliphatic heterocycles. The van der Waals surface area contributed by atoms with Gasteiger partial charge in [-0.25, -0.2) is 0 Å². The predicted octanol–water partition coefficient (Wildman–Crippen LogP) is 10.4. The molecule has 2 fully saturated rings. The van der Waals surface area contributed by atoms with Crippen molar-refractivity contribution < 1.29 is 23.9 Å². The van der Waals surface area contributed by atoms with Crippen molar-refractivity contribution in [1.29, 1.82) is 5.41 Å². The van der Waals surface area contributed by atoms with E-state index in [0.29, 0.717) is 37.5 Å². The van der Waals surface area contributed by atoms with Gasteiger partial charge in [-0.3, -0.25) is 19.4 Å². The van der Waals surface area contributed by atoms with Gasteiger partial charge in [-0.2, -0.15) is 12.6 Å². The molecule has 6 unspecified atom stereocenters.